The van der Waals surface area contributed by atoms with E-state index in [1.165, 1.54) is 49.4 Å². The molecular formula is C14H26INO. The molecule has 1 aliphatic carbocycles. The lowest BCUT2D eigenvalue weighted by molar-refractivity contribution is -0.125. The number of nitrogens with one attached hydrogen (secondary N) is 1. The zero-order valence-electron chi connectivity index (χ0n) is 10.8. The van der Waals surface area contributed by atoms with Gasteiger partial charge in [-0.2, -0.15) is 0 Å². The number of carbonyl (C=O) groups excluding carboxylic acids is 1. The summed E-state index contributed by atoms with van der Waals surface area (Å²) in [4.78, 5) is 12.0. The number of unbranched alkanes of at least 4 members (excludes halogenated alkanes) is 2. The van der Waals surface area contributed by atoms with Crippen LogP contribution in [0.1, 0.15) is 64.2 Å². The minimum atomic E-state index is 0.305. The molecule has 0 aromatic heterocycles. The molecule has 1 amide bonds. The van der Waals surface area contributed by atoms with Crippen LogP contribution in [-0.2, 0) is 4.79 Å². The molecule has 1 N–H and O–H groups in total. The van der Waals surface area contributed by atoms with Crippen LogP contribution in [-0.4, -0.2) is 16.9 Å². The van der Waals surface area contributed by atoms with Crippen molar-refractivity contribution >= 4 is 28.5 Å². The zero-order valence-corrected chi connectivity index (χ0v) is 13.0. The highest BCUT2D eigenvalue weighted by Crippen LogP contribution is 2.22. The topological polar surface area (TPSA) is 29.1 Å². The summed E-state index contributed by atoms with van der Waals surface area (Å²) in [7, 11) is 0. The molecule has 0 aromatic rings. The van der Waals surface area contributed by atoms with Crippen molar-refractivity contribution in [2.24, 2.45) is 5.92 Å². The molecule has 1 saturated carbocycles. The number of alkyl halides is 1. The molecule has 1 rings (SSSR count). The third-order valence-corrected chi connectivity index (χ3v) is 4.35. The molecule has 17 heavy (non-hydrogen) atoms. The first-order valence-corrected chi connectivity index (χ1v) is 8.71. The van der Waals surface area contributed by atoms with E-state index in [1.54, 1.807) is 0 Å². The monoisotopic (exact) mass is 351 g/mol. The van der Waals surface area contributed by atoms with Crippen LogP contribution in [0.15, 0.2) is 0 Å². The van der Waals surface area contributed by atoms with Crippen LogP contribution in [0, 0.1) is 5.92 Å². The molecule has 1 fully saturated rings. The van der Waals surface area contributed by atoms with E-state index in [0.29, 0.717) is 11.8 Å². The van der Waals surface area contributed by atoms with Crippen LogP contribution in [0.4, 0.5) is 0 Å². The summed E-state index contributed by atoms with van der Waals surface area (Å²) in [5.74, 6) is 0.626. The average Bonchev–Trinajstić information content (AvgIpc) is 2.28. The van der Waals surface area contributed by atoms with Crippen LogP contribution < -0.4 is 5.32 Å². The minimum absolute atomic E-state index is 0.305. The van der Waals surface area contributed by atoms with Gasteiger partial charge in [0.25, 0.3) is 0 Å². The molecule has 0 bridgehead atoms. The van der Waals surface area contributed by atoms with Crippen molar-refractivity contribution in [3.05, 3.63) is 0 Å². The summed E-state index contributed by atoms with van der Waals surface area (Å²) >= 11 is 2.41. The summed E-state index contributed by atoms with van der Waals surface area (Å²) in [5, 5.41) is 3.12. The highest BCUT2D eigenvalue weighted by Gasteiger charge is 2.18. The third kappa shape index (κ3) is 7.27. The molecule has 0 heterocycles. The van der Waals surface area contributed by atoms with Gasteiger partial charge in [-0.15, -0.1) is 0 Å². The fraction of sp³-hybridized carbons (Fsp3) is 0.929. The fourth-order valence-electron chi connectivity index (χ4n) is 2.47. The summed E-state index contributed by atoms with van der Waals surface area (Å²) in [6.07, 6.45) is 12.4. The summed E-state index contributed by atoms with van der Waals surface area (Å²) in [6, 6.07) is 0. The Morgan fingerprint density at radius 1 is 1.00 bits per heavy atom. The van der Waals surface area contributed by atoms with Crippen LogP contribution >= 0.6 is 22.6 Å². The van der Waals surface area contributed by atoms with Crippen LogP contribution in [0.25, 0.3) is 0 Å². The number of rotatable bonds is 6. The summed E-state index contributed by atoms with van der Waals surface area (Å²) in [6.45, 7) is 0.881. The zero-order chi connectivity index (χ0) is 12.3. The number of hydrogen-bond acceptors (Lipinski definition) is 1. The second-order valence-electron chi connectivity index (χ2n) is 5.08. The van der Waals surface area contributed by atoms with Crippen LogP contribution in [0.5, 0.6) is 0 Å². The Hall–Kier alpha value is 0.200. The van der Waals surface area contributed by atoms with E-state index in [9.17, 15) is 4.79 Å². The molecule has 0 atom stereocenters. The van der Waals surface area contributed by atoms with Gasteiger partial charge in [0.15, 0.2) is 0 Å². The predicted molar refractivity (Wildman–Crippen MR) is 81.6 cm³/mol. The van der Waals surface area contributed by atoms with Crippen molar-refractivity contribution in [3.63, 3.8) is 0 Å². The van der Waals surface area contributed by atoms with Gasteiger partial charge < -0.3 is 5.32 Å². The Morgan fingerprint density at radius 3 is 2.29 bits per heavy atom. The summed E-state index contributed by atoms with van der Waals surface area (Å²) < 4.78 is 1.23. The number of amides is 1. The summed E-state index contributed by atoms with van der Waals surface area (Å²) in [5.41, 5.74) is 0. The van der Waals surface area contributed by atoms with Gasteiger partial charge in [-0.1, -0.05) is 61.1 Å². The van der Waals surface area contributed by atoms with Gasteiger partial charge in [0.05, 0.1) is 0 Å². The Kier molecular flexibility index (Phi) is 9.11. The van der Waals surface area contributed by atoms with Gasteiger partial charge in [0.1, 0.15) is 0 Å². The standard InChI is InChI=1S/C14H26INO/c15-11-7-4-8-12-16-14(17)13-9-5-2-1-3-6-10-13/h13H,1-12H2,(H,16,17). The highest BCUT2D eigenvalue weighted by atomic mass is 127. The van der Waals surface area contributed by atoms with Gasteiger partial charge in [-0.3, -0.25) is 4.79 Å². The highest BCUT2D eigenvalue weighted by molar-refractivity contribution is 14.1. The SMILES string of the molecule is O=C(NCCCCCI)C1CCCCCCC1. The minimum Gasteiger partial charge on any atom is -0.356 e. The molecule has 1 aliphatic rings. The normalized spacial score (nSPS) is 18.4. The molecule has 0 aromatic carbocycles. The maximum absolute atomic E-state index is 12.0. The fourth-order valence-corrected chi connectivity index (χ4v) is 3.01. The van der Waals surface area contributed by atoms with E-state index in [4.69, 9.17) is 0 Å². The molecule has 0 radical (unpaired) electrons. The molecule has 0 aliphatic heterocycles. The van der Waals surface area contributed by atoms with E-state index in [1.807, 2.05) is 0 Å². The number of carbonyl (C=O) groups is 1. The van der Waals surface area contributed by atoms with E-state index >= 15 is 0 Å². The van der Waals surface area contributed by atoms with Gasteiger partial charge in [-0.25, -0.2) is 0 Å². The van der Waals surface area contributed by atoms with Crippen molar-refractivity contribution in [1.29, 1.82) is 0 Å². The maximum Gasteiger partial charge on any atom is 0.223 e. The Balaban J connectivity index is 2.11. The Bertz CT molecular complexity index is 200. The molecule has 100 valence electrons. The third-order valence-electron chi connectivity index (χ3n) is 3.59. The van der Waals surface area contributed by atoms with Crippen molar-refractivity contribution in [1.82, 2.24) is 5.32 Å². The van der Waals surface area contributed by atoms with Crippen LogP contribution in [0.2, 0.25) is 0 Å². The van der Waals surface area contributed by atoms with Crippen molar-refractivity contribution < 1.29 is 4.79 Å². The van der Waals surface area contributed by atoms with Crippen molar-refractivity contribution in [2.45, 2.75) is 64.2 Å². The molecule has 2 nitrogen and oxygen atoms in total. The van der Waals surface area contributed by atoms with E-state index < -0.39 is 0 Å². The first-order valence-electron chi connectivity index (χ1n) is 7.18. The van der Waals surface area contributed by atoms with Gasteiger partial charge in [0, 0.05) is 12.5 Å². The first kappa shape index (κ1) is 15.3. The predicted octanol–water partition coefficient (Wildman–Crippen LogP) is 4.07. The number of hydrogen-bond donors (Lipinski definition) is 1. The lowest BCUT2D eigenvalue weighted by Crippen LogP contribution is -2.31. The largest absolute Gasteiger partial charge is 0.356 e. The van der Waals surface area contributed by atoms with Crippen LogP contribution in [0.3, 0.4) is 0 Å². The Labute approximate surface area is 119 Å². The van der Waals surface area contributed by atoms with E-state index in [0.717, 1.165) is 25.8 Å². The quantitative estimate of drug-likeness (QED) is 0.436. The van der Waals surface area contributed by atoms with Gasteiger partial charge >= 0.3 is 0 Å². The number of halogens is 1. The second-order valence-corrected chi connectivity index (χ2v) is 6.16. The lowest BCUT2D eigenvalue weighted by atomic mass is 9.90. The van der Waals surface area contributed by atoms with Crippen molar-refractivity contribution in [2.75, 3.05) is 11.0 Å². The van der Waals surface area contributed by atoms with E-state index in [-0.39, 0.29) is 0 Å². The molecule has 0 unspecified atom stereocenters. The van der Waals surface area contributed by atoms with E-state index in [2.05, 4.69) is 27.9 Å². The lowest BCUT2D eigenvalue weighted by Gasteiger charge is -2.19. The van der Waals surface area contributed by atoms with Gasteiger partial charge in [0.2, 0.25) is 5.91 Å². The van der Waals surface area contributed by atoms with Crippen molar-refractivity contribution in [3.8, 4) is 0 Å². The molecule has 0 spiro atoms. The first-order chi connectivity index (χ1) is 8.34. The molecule has 0 saturated heterocycles. The second kappa shape index (κ2) is 10.2. The molecule has 3 heteroatoms. The smallest absolute Gasteiger partial charge is 0.223 e. The average molecular weight is 351 g/mol. The van der Waals surface area contributed by atoms with Gasteiger partial charge in [-0.05, 0) is 30.1 Å². The molecular weight excluding hydrogens is 325 g/mol. The Morgan fingerprint density at radius 2 is 1.65 bits per heavy atom. The maximum atomic E-state index is 12.0.